The molecule has 1 aromatic heterocycles. The zero-order chi connectivity index (χ0) is 22.6. The van der Waals surface area contributed by atoms with Gasteiger partial charge in [0, 0.05) is 11.6 Å². The number of phenolic OH excluding ortho intramolecular Hbond substituents is 1. The van der Waals surface area contributed by atoms with E-state index in [2.05, 4.69) is 0 Å². The number of amides is 1. The average Bonchev–Trinajstić information content (AvgIpc) is 3.03. The fourth-order valence-electron chi connectivity index (χ4n) is 4.24. The van der Waals surface area contributed by atoms with Crippen molar-refractivity contribution in [1.82, 2.24) is 4.90 Å². The molecule has 32 heavy (non-hydrogen) atoms. The van der Waals surface area contributed by atoms with Gasteiger partial charge < -0.3 is 14.4 Å². The lowest BCUT2D eigenvalue weighted by Crippen LogP contribution is -2.29. The van der Waals surface area contributed by atoms with E-state index < -0.39 is 6.04 Å². The molecule has 1 unspecified atom stereocenters. The lowest BCUT2D eigenvalue weighted by atomic mass is 9.97. The van der Waals surface area contributed by atoms with Crippen LogP contribution in [-0.2, 0) is 6.54 Å². The van der Waals surface area contributed by atoms with Crippen molar-refractivity contribution in [2.75, 3.05) is 0 Å². The fourth-order valence-corrected chi connectivity index (χ4v) is 4.40. The lowest BCUT2D eigenvalue weighted by Gasteiger charge is -2.25. The summed E-state index contributed by atoms with van der Waals surface area (Å²) in [5.41, 5.74) is 3.73. The van der Waals surface area contributed by atoms with Gasteiger partial charge in [0.2, 0.25) is 5.76 Å². The second-order valence-electron chi connectivity index (χ2n) is 8.19. The van der Waals surface area contributed by atoms with E-state index in [-0.39, 0.29) is 28.4 Å². The Morgan fingerprint density at radius 3 is 2.50 bits per heavy atom. The zero-order valence-electron chi connectivity index (χ0n) is 17.6. The number of nitrogens with zero attached hydrogens (tertiary/aromatic N) is 1. The van der Waals surface area contributed by atoms with Crippen LogP contribution in [0.5, 0.6) is 5.75 Å². The molecule has 1 atom stereocenters. The molecule has 1 N–H and O–H groups in total. The summed E-state index contributed by atoms with van der Waals surface area (Å²) in [5.74, 6) is -0.271. The molecule has 0 bridgehead atoms. The van der Waals surface area contributed by atoms with Crippen molar-refractivity contribution >= 4 is 28.5 Å². The van der Waals surface area contributed by atoms with Crippen LogP contribution in [0.4, 0.5) is 0 Å². The van der Waals surface area contributed by atoms with Crippen LogP contribution >= 0.6 is 11.6 Å². The Bertz CT molecular complexity index is 1440. The maximum absolute atomic E-state index is 13.6. The van der Waals surface area contributed by atoms with Gasteiger partial charge in [0.15, 0.2) is 5.43 Å². The van der Waals surface area contributed by atoms with Crippen molar-refractivity contribution in [2.45, 2.75) is 26.4 Å². The number of aromatic hydroxyl groups is 1. The molecule has 3 aromatic carbocycles. The smallest absolute Gasteiger partial charge is 0.291 e. The van der Waals surface area contributed by atoms with Crippen molar-refractivity contribution < 1.29 is 14.3 Å². The highest BCUT2D eigenvalue weighted by Crippen LogP contribution is 2.40. The number of carbonyl (C=O) groups is 1. The number of halogens is 1. The van der Waals surface area contributed by atoms with Gasteiger partial charge in [-0.3, -0.25) is 9.59 Å². The van der Waals surface area contributed by atoms with E-state index in [4.69, 9.17) is 16.0 Å². The first-order valence-corrected chi connectivity index (χ1v) is 10.6. The van der Waals surface area contributed by atoms with E-state index in [1.54, 1.807) is 41.3 Å². The normalized spacial score (nSPS) is 15.4. The second kappa shape index (κ2) is 7.53. The Labute approximate surface area is 189 Å². The van der Waals surface area contributed by atoms with Gasteiger partial charge >= 0.3 is 0 Å². The van der Waals surface area contributed by atoms with Gasteiger partial charge in [0.25, 0.3) is 5.91 Å². The second-order valence-corrected chi connectivity index (χ2v) is 8.59. The first-order chi connectivity index (χ1) is 15.3. The first-order valence-electron chi connectivity index (χ1n) is 10.3. The Kier molecular flexibility index (Phi) is 4.79. The number of carbonyl (C=O) groups excluding carboxylic acids is 1. The van der Waals surface area contributed by atoms with E-state index in [9.17, 15) is 14.7 Å². The minimum Gasteiger partial charge on any atom is -0.508 e. The molecule has 4 aromatic rings. The summed E-state index contributed by atoms with van der Waals surface area (Å²) in [5, 5.41) is 10.9. The monoisotopic (exact) mass is 445 g/mol. The number of benzene rings is 3. The van der Waals surface area contributed by atoms with E-state index in [0.717, 1.165) is 16.7 Å². The number of hydrogen-bond acceptors (Lipinski definition) is 4. The van der Waals surface area contributed by atoms with Crippen LogP contribution in [0.2, 0.25) is 5.02 Å². The van der Waals surface area contributed by atoms with E-state index in [1.807, 2.05) is 38.1 Å². The van der Waals surface area contributed by atoms with Gasteiger partial charge in [-0.2, -0.15) is 0 Å². The minimum atomic E-state index is -0.688. The fraction of sp³-hybridized carbons (Fsp3) is 0.154. The van der Waals surface area contributed by atoms with Crippen molar-refractivity contribution in [1.29, 1.82) is 0 Å². The van der Waals surface area contributed by atoms with Crippen molar-refractivity contribution in [3.8, 4) is 5.75 Å². The summed E-state index contributed by atoms with van der Waals surface area (Å²) in [4.78, 5) is 28.7. The van der Waals surface area contributed by atoms with Crippen molar-refractivity contribution in [2.24, 2.45) is 0 Å². The molecule has 1 aliphatic rings. The zero-order valence-corrected chi connectivity index (χ0v) is 18.3. The summed E-state index contributed by atoms with van der Waals surface area (Å²) in [6.07, 6.45) is 0. The van der Waals surface area contributed by atoms with E-state index in [1.165, 1.54) is 0 Å². The topological polar surface area (TPSA) is 70.8 Å². The van der Waals surface area contributed by atoms with Crippen LogP contribution in [-0.4, -0.2) is 15.9 Å². The molecule has 2 heterocycles. The summed E-state index contributed by atoms with van der Waals surface area (Å²) in [6, 6.07) is 17.1. The van der Waals surface area contributed by atoms with Gasteiger partial charge in [0.1, 0.15) is 11.3 Å². The largest absolute Gasteiger partial charge is 0.508 e. The summed E-state index contributed by atoms with van der Waals surface area (Å²) in [6.45, 7) is 4.10. The molecule has 160 valence electrons. The Morgan fingerprint density at radius 2 is 1.78 bits per heavy atom. The molecular weight excluding hydrogens is 426 g/mol. The maximum Gasteiger partial charge on any atom is 0.291 e. The van der Waals surface area contributed by atoms with Gasteiger partial charge in [-0.15, -0.1) is 0 Å². The SMILES string of the molecule is Cc1ccc(CN2C(=O)c3oc4cc(C)c(Cl)cc4c(=O)c3C2c2cccc(O)c2)cc1. The number of phenols is 1. The van der Waals surface area contributed by atoms with Crippen LogP contribution in [0.15, 0.2) is 69.9 Å². The van der Waals surface area contributed by atoms with Gasteiger partial charge in [0.05, 0.1) is 17.0 Å². The highest BCUT2D eigenvalue weighted by Gasteiger charge is 2.42. The van der Waals surface area contributed by atoms with Gasteiger partial charge in [-0.1, -0.05) is 53.6 Å². The number of fused-ring (bicyclic) bond motifs is 2. The molecule has 5 nitrogen and oxygen atoms in total. The molecule has 5 rings (SSSR count). The van der Waals surface area contributed by atoms with Gasteiger partial charge in [-0.05, 0) is 54.8 Å². The van der Waals surface area contributed by atoms with Crippen LogP contribution in [0, 0.1) is 13.8 Å². The van der Waals surface area contributed by atoms with E-state index >= 15 is 0 Å². The Hall–Kier alpha value is -3.57. The van der Waals surface area contributed by atoms with Crippen molar-refractivity contribution in [3.05, 3.63) is 109 Å². The molecule has 0 saturated heterocycles. The molecule has 0 fully saturated rings. The number of rotatable bonds is 3. The third-order valence-corrected chi connectivity index (χ3v) is 6.31. The first kappa shape index (κ1) is 20.3. The quantitative estimate of drug-likeness (QED) is 0.451. The standard InChI is InChI=1S/C26H20ClNO4/c1-14-6-8-16(9-7-14)13-28-23(17-4-3-5-18(29)11-17)22-24(30)19-12-20(27)15(2)10-21(19)32-25(22)26(28)31/h3-12,23,29H,13H2,1-2H3. The summed E-state index contributed by atoms with van der Waals surface area (Å²) >= 11 is 6.27. The van der Waals surface area contributed by atoms with E-state index in [0.29, 0.717) is 28.1 Å². The highest BCUT2D eigenvalue weighted by atomic mass is 35.5. The van der Waals surface area contributed by atoms with Gasteiger partial charge in [-0.25, -0.2) is 0 Å². The Balaban J connectivity index is 1.74. The molecule has 0 radical (unpaired) electrons. The third kappa shape index (κ3) is 3.26. The molecule has 1 aliphatic heterocycles. The molecule has 0 saturated carbocycles. The predicted molar refractivity (Wildman–Crippen MR) is 123 cm³/mol. The van der Waals surface area contributed by atoms with Crippen LogP contribution in [0.1, 0.15) is 44.4 Å². The van der Waals surface area contributed by atoms with Crippen molar-refractivity contribution in [3.63, 3.8) is 0 Å². The highest BCUT2D eigenvalue weighted by molar-refractivity contribution is 6.32. The maximum atomic E-state index is 13.6. The van der Waals surface area contributed by atoms with Crippen LogP contribution in [0.3, 0.4) is 0 Å². The van der Waals surface area contributed by atoms with Crippen LogP contribution < -0.4 is 5.43 Å². The summed E-state index contributed by atoms with van der Waals surface area (Å²) < 4.78 is 5.99. The minimum absolute atomic E-state index is 0.0321. The number of aryl methyl sites for hydroxylation is 2. The predicted octanol–water partition coefficient (Wildman–Crippen LogP) is 5.51. The lowest BCUT2D eigenvalue weighted by molar-refractivity contribution is 0.0714. The van der Waals surface area contributed by atoms with Crippen LogP contribution in [0.25, 0.3) is 11.0 Å². The average molecular weight is 446 g/mol. The number of hydrogen-bond donors (Lipinski definition) is 1. The summed E-state index contributed by atoms with van der Waals surface area (Å²) in [7, 11) is 0. The third-order valence-electron chi connectivity index (χ3n) is 5.91. The molecular formula is C26H20ClNO4. The molecule has 1 amide bonds. The molecule has 0 aliphatic carbocycles. The molecule has 6 heteroatoms. The Morgan fingerprint density at radius 1 is 1.03 bits per heavy atom. The molecule has 0 spiro atoms.